The number of H-pyrrole nitrogens is 1. The number of nitrogens with one attached hydrogen (secondary N) is 1. The molecule has 20 heavy (non-hydrogen) atoms. The fourth-order valence-electron chi connectivity index (χ4n) is 4.17. The van der Waals surface area contributed by atoms with Gasteiger partial charge in [-0.15, -0.1) is 0 Å². The summed E-state index contributed by atoms with van der Waals surface area (Å²) >= 11 is 0. The summed E-state index contributed by atoms with van der Waals surface area (Å²) in [4.78, 5) is 2.56. The third-order valence-corrected chi connectivity index (χ3v) is 5.14. The summed E-state index contributed by atoms with van der Waals surface area (Å²) in [7, 11) is 0. The van der Waals surface area contributed by atoms with Crippen molar-refractivity contribution in [2.24, 2.45) is 5.92 Å². The topological polar surface area (TPSA) is 57.9 Å². The van der Waals surface area contributed by atoms with Crippen molar-refractivity contribution in [2.45, 2.75) is 44.6 Å². The fourth-order valence-corrected chi connectivity index (χ4v) is 4.17. The van der Waals surface area contributed by atoms with E-state index in [2.05, 4.69) is 27.2 Å². The number of fused-ring (bicyclic) bond motifs is 1. The van der Waals surface area contributed by atoms with Crippen molar-refractivity contribution in [3.05, 3.63) is 18.3 Å². The highest BCUT2D eigenvalue weighted by Crippen LogP contribution is 2.40. The Labute approximate surface area is 119 Å². The third-order valence-electron chi connectivity index (χ3n) is 5.14. The molecule has 0 spiro atoms. The number of nitrogen functional groups attached to an aromatic ring is 1. The van der Waals surface area contributed by atoms with Gasteiger partial charge in [0.2, 0.25) is 0 Å². The van der Waals surface area contributed by atoms with Crippen LogP contribution in [0.1, 0.15) is 38.5 Å². The number of anilines is 2. The zero-order valence-corrected chi connectivity index (χ0v) is 11.8. The molecular formula is C16H22N4. The van der Waals surface area contributed by atoms with Gasteiger partial charge >= 0.3 is 0 Å². The van der Waals surface area contributed by atoms with Crippen LogP contribution in [0.25, 0.3) is 10.9 Å². The summed E-state index contributed by atoms with van der Waals surface area (Å²) in [5.41, 5.74) is 9.49. The van der Waals surface area contributed by atoms with Crippen LogP contribution in [0.5, 0.6) is 0 Å². The maximum atomic E-state index is 6.30. The second-order valence-electron chi connectivity index (χ2n) is 6.32. The fraction of sp³-hybridized carbons (Fsp3) is 0.562. The number of hydrogen-bond donors (Lipinski definition) is 2. The van der Waals surface area contributed by atoms with E-state index >= 15 is 0 Å². The van der Waals surface area contributed by atoms with Crippen LogP contribution < -0.4 is 10.6 Å². The molecule has 1 aliphatic carbocycles. The molecule has 1 unspecified atom stereocenters. The molecule has 1 aliphatic heterocycles. The quantitative estimate of drug-likeness (QED) is 0.823. The Balaban J connectivity index is 1.71. The van der Waals surface area contributed by atoms with E-state index in [1.807, 2.05) is 6.20 Å². The molecule has 1 aromatic carbocycles. The van der Waals surface area contributed by atoms with Gasteiger partial charge in [-0.1, -0.05) is 12.8 Å². The Kier molecular flexibility index (Phi) is 2.83. The molecule has 1 saturated carbocycles. The normalized spacial score (nSPS) is 24.0. The molecule has 2 aliphatic rings. The van der Waals surface area contributed by atoms with Gasteiger partial charge in [0.05, 0.1) is 23.1 Å². The largest absolute Gasteiger partial charge is 0.397 e. The van der Waals surface area contributed by atoms with Crippen LogP contribution in [0, 0.1) is 5.92 Å². The van der Waals surface area contributed by atoms with Gasteiger partial charge in [-0.2, -0.15) is 5.10 Å². The van der Waals surface area contributed by atoms with Crippen molar-refractivity contribution in [3.63, 3.8) is 0 Å². The summed E-state index contributed by atoms with van der Waals surface area (Å²) in [6.45, 7) is 1.14. The highest BCUT2D eigenvalue weighted by atomic mass is 15.2. The predicted octanol–water partition coefficient (Wildman–Crippen LogP) is 3.30. The lowest BCUT2D eigenvalue weighted by atomic mass is 9.95. The lowest BCUT2D eigenvalue weighted by Gasteiger charge is -2.32. The summed E-state index contributed by atoms with van der Waals surface area (Å²) in [5, 5.41) is 8.27. The van der Waals surface area contributed by atoms with E-state index in [0.29, 0.717) is 6.04 Å². The van der Waals surface area contributed by atoms with E-state index in [0.717, 1.165) is 29.1 Å². The Morgan fingerprint density at radius 2 is 2.00 bits per heavy atom. The Hall–Kier alpha value is -1.71. The van der Waals surface area contributed by atoms with Gasteiger partial charge in [0.1, 0.15) is 0 Å². The molecule has 4 nitrogen and oxygen atoms in total. The first-order chi connectivity index (χ1) is 9.83. The number of aromatic amines is 1. The van der Waals surface area contributed by atoms with Gasteiger partial charge in [0.25, 0.3) is 0 Å². The Morgan fingerprint density at radius 3 is 2.85 bits per heavy atom. The number of aromatic nitrogens is 2. The molecule has 2 aromatic rings. The van der Waals surface area contributed by atoms with Crippen molar-refractivity contribution >= 4 is 22.3 Å². The minimum atomic E-state index is 0.695. The summed E-state index contributed by atoms with van der Waals surface area (Å²) in [6, 6.07) is 4.93. The molecule has 4 heteroatoms. The predicted molar refractivity (Wildman–Crippen MR) is 82.8 cm³/mol. The van der Waals surface area contributed by atoms with Crippen molar-refractivity contribution in [1.82, 2.24) is 10.2 Å². The van der Waals surface area contributed by atoms with Crippen molar-refractivity contribution in [2.75, 3.05) is 17.2 Å². The lowest BCUT2D eigenvalue weighted by Crippen LogP contribution is -2.35. The number of hydrogen-bond acceptors (Lipinski definition) is 3. The van der Waals surface area contributed by atoms with E-state index in [1.165, 1.54) is 44.2 Å². The smallest absolute Gasteiger partial charge is 0.0672 e. The van der Waals surface area contributed by atoms with Crippen molar-refractivity contribution < 1.29 is 0 Å². The highest BCUT2D eigenvalue weighted by molar-refractivity contribution is 5.89. The standard InChI is InChI=1S/C16H22N4/c17-13-8-12-10-18-19-14(12)9-16(13)20-7-3-6-15(20)11-4-1-2-5-11/h8-11,15H,1-7,17H2,(H,18,19). The first-order valence-corrected chi connectivity index (χ1v) is 7.82. The third kappa shape index (κ3) is 1.86. The molecule has 4 rings (SSSR count). The summed E-state index contributed by atoms with van der Waals surface area (Å²) in [6.07, 6.45) is 10.1. The minimum Gasteiger partial charge on any atom is -0.397 e. The maximum Gasteiger partial charge on any atom is 0.0672 e. The summed E-state index contributed by atoms with van der Waals surface area (Å²) < 4.78 is 0. The first-order valence-electron chi connectivity index (χ1n) is 7.82. The molecule has 0 radical (unpaired) electrons. The van der Waals surface area contributed by atoms with Crippen LogP contribution in [-0.4, -0.2) is 22.8 Å². The maximum absolute atomic E-state index is 6.30. The van der Waals surface area contributed by atoms with Gasteiger partial charge in [-0.05, 0) is 43.7 Å². The lowest BCUT2D eigenvalue weighted by molar-refractivity contribution is 0.431. The molecule has 0 amide bonds. The summed E-state index contributed by atoms with van der Waals surface area (Å²) in [5.74, 6) is 0.870. The van der Waals surface area contributed by atoms with E-state index in [1.54, 1.807) is 0 Å². The Morgan fingerprint density at radius 1 is 1.15 bits per heavy atom. The molecule has 1 saturated heterocycles. The average molecular weight is 270 g/mol. The second-order valence-corrected chi connectivity index (χ2v) is 6.32. The molecule has 1 aromatic heterocycles. The number of nitrogens with two attached hydrogens (primary N) is 1. The van der Waals surface area contributed by atoms with Gasteiger partial charge in [0.15, 0.2) is 0 Å². The van der Waals surface area contributed by atoms with Crippen LogP contribution in [0.15, 0.2) is 18.3 Å². The number of benzene rings is 1. The monoisotopic (exact) mass is 270 g/mol. The highest BCUT2D eigenvalue weighted by Gasteiger charge is 2.34. The van der Waals surface area contributed by atoms with Crippen LogP contribution >= 0.6 is 0 Å². The van der Waals surface area contributed by atoms with Crippen LogP contribution in [-0.2, 0) is 0 Å². The molecule has 2 fully saturated rings. The van der Waals surface area contributed by atoms with Gasteiger partial charge in [-0.3, -0.25) is 5.10 Å². The van der Waals surface area contributed by atoms with Crippen LogP contribution in [0.2, 0.25) is 0 Å². The molecule has 3 N–H and O–H groups in total. The van der Waals surface area contributed by atoms with E-state index in [9.17, 15) is 0 Å². The molecule has 2 heterocycles. The molecule has 1 atom stereocenters. The van der Waals surface area contributed by atoms with E-state index in [-0.39, 0.29) is 0 Å². The zero-order chi connectivity index (χ0) is 13.5. The van der Waals surface area contributed by atoms with E-state index < -0.39 is 0 Å². The van der Waals surface area contributed by atoms with Crippen molar-refractivity contribution in [1.29, 1.82) is 0 Å². The number of rotatable bonds is 2. The van der Waals surface area contributed by atoms with E-state index in [4.69, 9.17) is 5.73 Å². The molecule has 0 bridgehead atoms. The van der Waals surface area contributed by atoms with Crippen molar-refractivity contribution in [3.8, 4) is 0 Å². The van der Waals surface area contributed by atoms with Gasteiger partial charge < -0.3 is 10.6 Å². The number of nitrogens with zero attached hydrogens (tertiary/aromatic N) is 2. The first kappa shape index (κ1) is 12.1. The zero-order valence-electron chi connectivity index (χ0n) is 11.8. The Bertz CT molecular complexity index is 612. The SMILES string of the molecule is Nc1cc2cn[nH]c2cc1N1CCCC1C1CCCC1. The van der Waals surface area contributed by atoms with Crippen LogP contribution in [0.3, 0.4) is 0 Å². The molecular weight excluding hydrogens is 248 g/mol. The minimum absolute atomic E-state index is 0.695. The van der Waals surface area contributed by atoms with Gasteiger partial charge in [0, 0.05) is 18.0 Å². The molecule has 106 valence electrons. The van der Waals surface area contributed by atoms with Gasteiger partial charge in [-0.25, -0.2) is 0 Å². The second kappa shape index (κ2) is 4.69. The average Bonchev–Trinajstić information content (AvgIpc) is 3.18. The van der Waals surface area contributed by atoms with Crippen LogP contribution in [0.4, 0.5) is 11.4 Å².